The van der Waals surface area contributed by atoms with Crippen molar-refractivity contribution < 1.29 is 0 Å². The minimum atomic E-state index is 0.0657. The first kappa shape index (κ1) is 13.8. The van der Waals surface area contributed by atoms with Gasteiger partial charge in [-0.3, -0.25) is 0 Å². The number of nitrogens with two attached hydrogens (primary N) is 1. The van der Waals surface area contributed by atoms with Crippen molar-refractivity contribution in [3.8, 4) is 0 Å². The van der Waals surface area contributed by atoms with Gasteiger partial charge in [-0.1, -0.05) is 13.8 Å². The van der Waals surface area contributed by atoms with E-state index in [2.05, 4.69) is 51.5 Å². The molecule has 0 amide bonds. The fourth-order valence-corrected chi connectivity index (χ4v) is 3.49. The highest BCUT2D eigenvalue weighted by Crippen LogP contribution is 2.24. The van der Waals surface area contributed by atoms with Gasteiger partial charge in [0.25, 0.3) is 0 Å². The lowest BCUT2D eigenvalue weighted by atomic mass is 10.0. The van der Waals surface area contributed by atoms with Crippen molar-refractivity contribution in [1.29, 1.82) is 0 Å². The summed E-state index contributed by atoms with van der Waals surface area (Å²) < 4.78 is 3.30. The average Bonchev–Trinajstić information content (AvgIpc) is 2.87. The predicted octanol–water partition coefficient (Wildman–Crippen LogP) is 3.80. The number of aromatic nitrogens is 2. The third kappa shape index (κ3) is 3.43. The lowest BCUT2D eigenvalue weighted by Crippen LogP contribution is -2.17. The number of nitrogens with zero attached hydrogens (tertiary/aromatic N) is 2. The summed E-state index contributed by atoms with van der Waals surface area (Å²) in [5.41, 5.74) is 7.35. The fourth-order valence-electron chi connectivity index (χ4n) is 2.01. The Morgan fingerprint density at radius 1 is 1.44 bits per heavy atom. The molecule has 0 saturated carbocycles. The second kappa shape index (κ2) is 5.99. The standard InChI is InChI=1S/C13H18BrN3S/c1-9(2)5-11(15)12-6-16-8-17(12)7-10-3-4-13(14)18-10/h3-4,6,8-9,11H,5,7,15H2,1-2H3. The molecular weight excluding hydrogens is 310 g/mol. The maximum atomic E-state index is 6.23. The normalized spacial score (nSPS) is 13.2. The van der Waals surface area contributed by atoms with Crippen LogP contribution in [0.25, 0.3) is 0 Å². The maximum Gasteiger partial charge on any atom is 0.0952 e. The van der Waals surface area contributed by atoms with Crippen LogP contribution in [0.5, 0.6) is 0 Å². The Bertz CT molecular complexity index is 504. The molecule has 0 bridgehead atoms. The van der Waals surface area contributed by atoms with E-state index in [0.717, 1.165) is 22.4 Å². The van der Waals surface area contributed by atoms with Crippen molar-refractivity contribution in [2.45, 2.75) is 32.9 Å². The molecule has 0 aliphatic carbocycles. The van der Waals surface area contributed by atoms with Crippen LogP contribution >= 0.6 is 27.3 Å². The van der Waals surface area contributed by atoms with Crippen molar-refractivity contribution in [1.82, 2.24) is 9.55 Å². The molecule has 1 atom stereocenters. The van der Waals surface area contributed by atoms with Gasteiger partial charge < -0.3 is 10.3 Å². The molecule has 0 spiro atoms. The van der Waals surface area contributed by atoms with Crippen LogP contribution in [0.1, 0.15) is 36.9 Å². The summed E-state index contributed by atoms with van der Waals surface area (Å²) in [7, 11) is 0. The van der Waals surface area contributed by atoms with Gasteiger partial charge in [0.15, 0.2) is 0 Å². The Morgan fingerprint density at radius 3 is 2.83 bits per heavy atom. The van der Waals surface area contributed by atoms with Gasteiger partial charge in [0.05, 0.1) is 22.4 Å². The molecule has 2 N–H and O–H groups in total. The minimum Gasteiger partial charge on any atom is -0.328 e. The summed E-state index contributed by atoms with van der Waals surface area (Å²) >= 11 is 5.23. The van der Waals surface area contributed by atoms with Crippen LogP contribution in [0.3, 0.4) is 0 Å². The Kier molecular flexibility index (Phi) is 4.59. The molecule has 0 aliphatic rings. The lowest BCUT2D eigenvalue weighted by Gasteiger charge is -2.16. The molecule has 0 aromatic carbocycles. The smallest absolute Gasteiger partial charge is 0.0952 e. The number of imidazole rings is 1. The zero-order chi connectivity index (χ0) is 13.1. The van der Waals surface area contributed by atoms with Gasteiger partial charge in [-0.2, -0.15) is 0 Å². The zero-order valence-corrected chi connectivity index (χ0v) is 13.0. The van der Waals surface area contributed by atoms with Crippen LogP contribution < -0.4 is 5.73 Å². The minimum absolute atomic E-state index is 0.0657. The molecule has 1 unspecified atom stereocenters. The first-order valence-electron chi connectivity index (χ1n) is 6.06. The second-order valence-electron chi connectivity index (χ2n) is 4.89. The summed E-state index contributed by atoms with van der Waals surface area (Å²) in [6.07, 6.45) is 4.73. The van der Waals surface area contributed by atoms with E-state index in [-0.39, 0.29) is 6.04 Å². The quantitative estimate of drug-likeness (QED) is 0.907. The van der Waals surface area contributed by atoms with Crippen LogP contribution in [-0.4, -0.2) is 9.55 Å². The van der Waals surface area contributed by atoms with E-state index in [9.17, 15) is 0 Å². The Labute approximate surface area is 120 Å². The van der Waals surface area contributed by atoms with Crippen molar-refractivity contribution in [2.24, 2.45) is 11.7 Å². The van der Waals surface area contributed by atoms with E-state index >= 15 is 0 Å². The second-order valence-corrected chi connectivity index (χ2v) is 7.44. The average molecular weight is 328 g/mol. The predicted molar refractivity (Wildman–Crippen MR) is 79.7 cm³/mol. The Morgan fingerprint density at radius 2 is 2.22 bits per heavy atom. The molecule has 0 fully saturated rings. The highest BCUT2D eigenvalue weighted by atomic mass is 79.9. The molecule has 5 heteroatoms. The van der Waals surface area contributed by atoms with Crippen LogP contribution in [0.4, 0.5) is 0 Å². The maximum absolute atomic E-state index is 6.23. The summed E-state index contributed by atoms with van der Waals surface area (Å²) in [6.45, 7) is 5.23. The summed E-state index contributed by atoms with van der Waals surface area (Å²) in [4.78, 5) is 5.53. The van der Waals surface area contributed by atoms with E-state index in [1.807, 2.05) is 12.5 Å². The van der Waals surface area contributed by atoms with Gasteiger partial charge in [-0.15, -0.1) is 11.3 Å². The highest BCUT2D eigenvalue weighted by molar-refractivity contribution is 9.11. The number of halogens is 1. The summed E-state index contributed by atoms with van der Waals surface area (Å²) in [6, 6.07) is 4.27. The van der Waals surface area contributed by atoms with E-state index in [1.54, 1.807) is 11.3 Å². The molecule has 2 heterocycles. The van der Waals surface area contributed by atoms with Crippen LogP contribution in [0, 0.1) is 5.92 Å². The van der Waals surface area contributed by atoms with Gasteiger partial charge in [-0.25, -0.2) is 4.98 Å². The number of hydrogen-bond donors (Lipinski definition) is 1. The zero-order valence-electron chi connectivity index (χ0n) is 10.6. The molecular formula is C13H18BrN3S. The summed E-state index contributed by atoms with van der Waals surface area (Å²) in [5, 5.41) is 0. The number of rotatable bonds is 5. The van der Waals surface area contributed by atoms with Gasteiger partial charge in [0.2, 0.25) is 0 Å². The van der Waals surface area contributed by atoms with Gasteiger partial charge >= 0.3 is 0 Å². The molecule has 2 aromatic heterocycles. The molecule has 0 saturated heterocycles. The third-order valence-electron chi connectivity index (χ3n) is 2.80. The fraction of sp³-hybridized carbons (Fsp3) is 0.462. The van der Waals surface area contributed by atoms with Crippen molar-refractivity contribution in [3.63, 3.8) is 0 Å². The van der Waals surface area contributed by atoms with Crippen molar-refractivity contribution in [2.75, 3.05) is 0 Å². The molecule has 0 aliphatic heterocycles. The molecule has 0 radical (unpaired) electrons. The topological polar surface area (TPSA) is 43.8 Å². The molecule has 2 rings (SSSR count). The van der Waals surface area contributed by atoms with Crippen LogP contribution in [0.2, 0.25) is 0 Å². The largest absolute Gasteiger partial charge is 0.328 e. The van der Waals surface area contributed by atoms with Crippen molar-refractivity contribution in [3.05, 3.63) is 39.0 Å². The molecule has 3 nitrogen and oxygen atoms in total. The van der Waals surface area contributed by atoms with Gasteiger partial charge in [0.1, 0.15) is 0 Å². The summed E-state index contributed by atoms with van der Waals surface area (Å²) in [5.74, 6) is 0.597. The Balaban J connectivity index is 2.12. The highest BCUT2D eigenvalue weighted by Gasteiger charge is 2.13. The van der Waals surface area contributed by atoms with Crippen LogP contribution in [-0.2, 0) is 6.54 Å². The van der Waals surface area contributed by atoms with Crippen molar-refractivity contribution >= 4 is 27.3 Å². The first-order chi connectivity index (χ1) is 8.56. The van der Waals surface area contributed by atoms with E-state index in [4.69, 9.17) is 5.73 Å². The van der Waals surface area contributed by atoms with E-state index in [0.29, 0.717) is 5.92 Å². The van der Waals surface area contributed by atoms with Gasteiger partial charge in [-0.05, 0) is 40.4 Å². The molecule has 18 heavy (non-hydrogen) atoms. The SMILES string of the molecule is CC(C)CC(N)c1cncn1Cc1ccc(Br)s1. The lowest BCUT2D eigenvalue weighted by molar-refractivity contribution is 0.489. The third-order valence-corrected chi connectivity index (χ3v) is 4.41. The number of thiophene rings is 1. The molecule has 98 valence electrons. The Hall–Kier alpha value is -0.650. The van der Waals surface area contributed by atoms with Crippen LogP contribution in [0.15, 0.2) is 28.4 Å². The monoisotopic (exact) mass is 327 g/mol. The van der Waals surface area contributed by atoms with Gasteiger partial charge in [0, 0.05) is 17.1 Å². The first-order valence-corrected chi connectivity index (χ1v) is 7.67. The van der Waals surface area contributed by atoms with E-state index < -0.39 is 0 Å². The number of hydrogen-bond acceptors (Lipinski definition) is 3. The van der Waals surface area contributed by atoms with E-state index in [1.165, 1.54) is 4.88 Å². The molecule has 2 aromatic rings.